The first-order chi connectivity index (χ1) is 14.1. The zero-order valence-electron chi connectivity index (χ0n) is 15.0. The maximum Gasteiger partial charge on any atom is 0.647 e. The van der Waals surface area contributed by atoms with E-state index in [0.29, 0.717) is 18.9 Å². The van der Waals surface area contributed by atoms with Crippen molar-refractivity contribution in [1.29, 1.82) is 0 Å². The Hall–Kier alpha value is -3.70. The third kappa shape index (κ3) is 4.78. The van der Waals surface area contributed by atoms with Gasteiger partial charge in [-0.25, -0.2) is 0 Å². The minimum absolute atomic E-state index is 0.0435. The maximum atomic E-state index is 13.5. The summed E-state index contributed by atoms with van der Waals surface area (Å²) in [5.74, 6) is -0.131. The maximum absolute atomic E-state index is 13.5. The summed E-state index contributed by atoms with van der Waals surface area (Å²) in [6.45, 7) is 0. The Labute approximate surface area is 166 Å². The van der Waals surface area contributed by atoms with Gasteiger partial charge in [0, 0.05) is 0 Å². The highest BCUT2D eigenvalue weighted by Gasteiger charge is 2.35. The van der Waals surface area contributed by atoms with Gasteiger partial charge in [-0.2, -0.15) is 4.57 Å². The van der Waals surface area contributed by atoms with Gasteiger partial charge >= 0.3 is 7.82 Å². The number of rotatable bonds is 9. The molecule has 0 aliphatic carbocycles. The molecular formula is C21H15O7P. The standard InChI is InChI=1S/C21H15O7P/c22-13-16-7-1-4-10-19(16)26-29(25,27-20-11-5-2-8-17(20)14-23)28-21-12-6-3-9-18(21)15-24/h1-15H. The zero-order chi connectivity index (χ0) is 20.7. The van der Waals surface area contributed by atoms with Crippen LogP contribution in [0, 0.1) is 0 Å². The number of hydrogen-bond acceptors (Lipinski definition) is 7. The summed E-state index contributed by atoms with van der Waals surface area (Å²) >= 11 is 0. The minimum atomic E-state index is -4.48. The molecular weight excluding hydrogens is 395 g/mol. The van der Waals surface area contributed by atoms with Crippen molar-refractivity contribution in [2.75, 3.05) is 0 Å². The molecule has 29 heavy (non-hydrogen) atoms. The lowest BCUT2D eigenvalue weighted by Gasteiger charge is -2.21. The van der Waals surface area contributed by atoms with E-state index in [2.05, 4.69) is 0 Å². The summed E-state index contributed by atoms with van der Waals surface area (Å²) in [7, 11) is -4.48. The van der Waals surface area contributed by atoms with Crippen LogP contribution in [0.5, 0.6) is 17.2 Å². The van der Waals surface area contributed by atoms with Crippen molar-refractivity contribution >= 4 is 26.7 Å². The van der Waals surface area contributed by atoms with Gasteiger partial charge in [0.25, 0.3) is 0 Å². The highest BCUT2D eigenvalue weighted by Crippen LogP contribution is 2.51. The summed E-state index contributed by atoms with van der Waals surface area (Å²) < 4.78 is 29.9. The molecule has 146 valence electrons. The number of hydrogen-bond donors (Lipinski definition) is 0. The molecule has 0 fully saturated rings. The Morgan fingerprint density at radius 2 is 0.793 bits per heavy atom. The molecule has 8 heteroatoms. The SMILES string of the molecule is O=Cc1ccccc1OP(=O)(Oc1ccccc1C=O)Oc1ccccc1C=O. The molecule has 0 radical (unpaired) electrons. The van der Waals surface area contributed by atoms with Crippen molar-refractivity contribution in [2.24, 2.45) is 0 Å². The van der Waals surface area contributed by atoms with Crippen molar-refractivity contribution in [3.05, 3.63) is 89.5 Å². The number of aldehydes is 3. The molecule has 0 unspecified atom stereocenters. The van der Waals surface area contributed by atoms with Gasteiger partial charge in [0.15, 0.2) is 18.9 Å². The summed E-state index contributed by atoms with van der Waals surface area (Å²) in [5, 5.41) is 0. The smallest absolute Gasteiger partial charge is 0.385 e. The summed E-state index contributed by atoms with van der Waals surface area (Å²) in [6, 6.07) is 18.2. The van der Waals surface area contributed by atoms with E-state index in [1.54, 1.807) is 36.4 Å². The lowest BCUT2D eigenvalue weighted by Crippen LogP contribution is -2.10. The first-order valence-electron chi connectivity index (χ1n) is 8.40. The van der Waals surface area contributed by atoms with E-state index in [0.717, 1.165) is 0 Å². The third-order valence-corrected chi connectivity index (χ3v) is 5.03. The summed E-state index contributed by atoms with van der Waals surface area (Å²) in [6.07, 6.45) is 1.58. The van der Waals surface area contributed by atoms with Crippen molar-refractivity contribution in [2.45, 2.75) is 0 Å². The Balaban J connectivity index is 2.04. The fourth-order valence-corrected chi connectivity index (χ4v) is 3.73. The van der Waals surface area contributed by atoms with Crippen LogP contribution in [-0.2, 0) is 4.57 Å². The van der Waals surface area contributed by atoms with Crippen LogP contribution in [0.25, 0.3) is 0 Å². The van der Waals surface area contributed by atoms with Crippen LogP contribution in [-0.4, -0.2) is 18.9 Å². The van der Waals surface area contributed by atoms with Gasteiger partial charge in [-0.15, -0.1) is 0 Å². The predicted molar refractivity (Wildman–Crippen MR) is 105 cm³/mol. The lowest BCUT2D eigenvalue weighted by molar-refractivity contribution is 0.111. The third-order valence-electron chi connectivity index (χ3n) is 3.77. The van der Waals surface area contributed by atoms with E-state index < -0.39 is 7.82 Å². The number of carbonyl (C=O) groups is 3. The highest BCUT2D eigenvalue weighted by atomic mass is 31.2. The molecule has 0 amide bonds. The number of phosphoric acid groups is 1. The molecule has 0 bridgehead atoms. The number of carbonyl (C=O) groups excluding carboxylic acids is 3. The second-order valence-electron chi connectivity index (χ2n) is 5.69. The van der Waals surface area contributed by atoms with Crippen molar-refractivity contribution in [3.63, 3.8) is 0 Å². The van der Waals surface area contributed by atoms with Gasteiger partial charge in [0.05, 0.1) is 16.7 Å². The molecule has 0 saturated heterocycles. The molecule has 0 aliphatic heterocycles. The number of benzene rings is 3. The van der Waals surface area contributed by atoms with E-state index in [-0.39, 0.29) is 33.9 Å². The van der Waals surface area contributed by atoms with E-state index >= 15 is 0 Å². The van der Waals surface area contributed by atoms with E-state index in [4.69, 9.17) is 13.6 Å². The van der Waals surface area contributed by atoms with Crippen molar-refractivity contribution in [1.82, 2.24) is 0 Å². The first-order valence-corrected chi connectivity index (χ1v) is 9.86. The van der Waals surface area contributed by atoms with Gasteiger partial charge in [0.1, 0.15) is 17.2 Å². The van der Waals surface area contributed by atoms with Crippen molar-refractivity contribution < 1.29 is 32.5 Å². The second kappa shape index (κ2) is 8.99. The Morgan fingerprint density at radius 3 is 1.07 bits per heavy atom. The average molecular weight is 410 g/mol. The molecule has 0 aromatic heterocycles. The first kappa shape index (κ1) is 20.0. The van der Waals surface area contributed by atoms with Gasteiger partial charge in [-0.05, 0) is 36.4 Å². The molecule has 0 atom stereocenters. The summed E-state index contributed by atoms with van der Waals surface area (Å²) in [4.78, 5) is 33.9. The van der Waals surface area contributed by atoms with Gasteiger partial charge in [0.2, 0.25) is 0 Å². The zero-order valence-corrected chi connectivity index (χ0v) is 15.9. The van der Waals surface area contributed by atoms with E-state index in [9.17, 15) is 18.9 Å². The molecule has 3 aromatic rings. The average Bonchev–Trinajstić information content (AvgIpc) is 2.74. The largest absolute Gasteiger partial charge is 0.647 e. The quantitative estimate of drug-likeness (QED) is 0.370. The van der Waals surface area contributed by atoms with E-state index in [1.807, 2.05) is 0 Å². The molecule has 0 aliphatic rings. The van der Waals surface area contributed by atoms with Crippen LogP contribution in [0.4, 0.5) is 0 Å². The van der Waals surface area contributed by atoms with E-state index in [1.165, 1.54) is 36.4 Å². The van der Waals surface area contributed by atoms with Crippen LogP contribution < -0.4 is 13.6 Å². The molecule has 0 saturated carbocycles. The number of phosphoric ester groups is 1. The molecule has 0 heterocycles. The van der Waals surface area contributed by atoms with Gasteiger partial charge < -0.3 is 13.6 Å². The minimum Gasteiger partial charge on any atom is -0.385 e. The molecule has 3 aromatic carbocycles. The van der Waals surface area contributed by atoms with Crippen LogP contribution in [0.15, 0.2) is 72.8 Å². The fourth-order valence-electron chi connectivity index (χ4n) is 2.40. The van der Waals surface area contributed by atoms with Gasteiger partial charge in [-0.1, -0.05) is 36.4 Å². The molecule has 0 N–H and O–H groups in total. The van der Waals surface area contributed by atoms with Crippen molar-refractivity contribution in [3.8, 4) is 17.2 Å². The van der Waals surface area contributed by atoms with Crippen LogP contribution in [0.3, 0.4) is 0 Å². The monoisotopic (exact) mass is 410 g/mol. The Morgan fingerprint density at radius 1 is 0.517 bits per heavy atom. The summed E-state index contributed by atoms with van der Waals surface area (Å²) in [5.41, 5.74) is 0.354. The lowest BCUT2D eigenvalue weighted by atomic mass is 10.2. The normalized spacial score (nSPS) is 10.6. The van der Waals surface area contributed by atoms with Crippen LogP contribution in [0.2, 0.25) is 0 Å². The predicted octanol–water partition coefficient (Wildman–Crippen LogP) is 4.77. The van der Waals surface area contributed by atoms with Gasteiger partial charge in [-0.3, -0.25) is 14.4 Å². The molecule has 3 rings (SSSR count). The fraction of sp³-hybridized carbons (Fsp3) is 0. The second-order valence-corrected chi connectivity index (χ2v) is 7.13. The molecule has 0 spiro atoms. The molecule has 7 nitrogen and oxygen atoms in total. The van der Waals surface area contributed by atoms with Crippen LogP contribution >= 0.6 is 7.82 Å². The van der Waals surface area contributed by atoms with Crippen LogP contribution in [0.1, 0.15) is 31.1 Å². The Bertz CT molecular complexity index is 957. The number of para-hydroxylation sites is 3. The highest BCUT2D eigenvalue weighted by molar-refractivity contribution is 7.49. The Kier molecular flexibility index (Phi) is 6.22. The topological polar surface area (TPSA) is 96.0 Å².